The van der Waals surface area contributed by atoms with Crippen LogP contribution in [-0.4, -0.2) is 14.7 Å². The van der Waals surface area contributed by atoms with E-state index in [9.17, 15) is 5.11 Å². The van der Waals surface area contributed by atoms with E-state index in [2.05, 4.69) is 53.7 Å². The number of aliphatic hydroxyl groups is 1. The highest BCUT2D eigenvalue weighted by atomic mass is 16.3. The summed E-state index contributed by atoms with van der Waals surface area (Å²) in [5.74, 6) is 1.31. The van der Waals surface area contributed by atoms with Crippen LogP contribution in [0.3, 0.4) is 0 Å². The predicted molar refractivity (Wildman–Crippen MR) is 94.6 cm³/mol. The molecule has 3 rings (SSSR count). The molecule has 0 spiro atoms. The van der Waals surface area contributed by atoms with Crippen molar-refractivity contribution in [1.29, 1.82) is 0 Å². The van der Waals surface area contributed by atoms with Gasteiger partial charge in [-0.3, -0.25) is 0 Å². The highest BCUT2D eigenvalue weighted by molar-refractivity contribution is 5.76. The van der Waals surface area contributed by atoms with Crippen LogP contribution in [0.15, 0.2) is 48.5 Å². The maximum atomic E-state index is 10.0. The molecule has 0 aliphatic rings. The van der Waals surface area contributed by atoms with Crippen LogP contribution >= 0.6 is 0 Å². The van der Waals surface area contributed by atoms with Crippen LogP contribution in [-0.2, 0) is 6.54 Å². The number of benzene rings is 2. The lowest BCUT2D eigenvalue weighted by molar-refractivity contribution is 0.185. The van der Waals surface area contributed by atoms with Crippen molar-refractivity contribution in [3.63, 3.8) is 0 Å². The summed E-state index contributed by atoms with van der Waals surface area (Å²) < 4.78 is 2.11. The van der Waals surface area contributed by atoms with Crippen LogP contribution in [0, 0.1) is 0 Å². The van der Waals surface area contributed by atoms with Gasteiger partial charge in [-0.1, -0.05) is 50.2 Å². The van der Waals surface area contributed by atoms with Gasteiger partial charge in [-0.15, -0.1) is 0 Å². The topological polar surface area (TPSA) is 38.0 Å². The van der Waals surface area contributed by atoms with Crippen LogP contribution in [0.2, 0.25) is 0 Å². The molecule has 1 heterocycles. The van der Waals surface area contributed by atoms with Gasteiger partial charge in [0.2, 0.25) is 0 Å². The summed E-state index contributed by atoms with van der Waals surface area (Å²) in [6.07, 6.45) is 0.569. The Balaban J connectivity index is 1.96. The van der Waals surface area contributed by atoms with E-state index in [-0.39, 0.29) is 0 Å². The molecule has 3 nitrogen and oxygen atoms in total. The molecular weight excluding hydrogens is 284 g/mol. The first-order chi connectivity index (χ1) is 11.1. The van der Waals surface area contributed by atoms with E-state index in [1.807, 2.05) is 18.2 Å². The maximum Gasteiger partial charge on any atom is 0.138 e. The van der Waals surface area contributed by atoms with E-state index < -0.39 is 6.10 Å². The highest BCUT2D eigenvalue weighted by Crippen LogP contribution is 2.23. The summed E-state index contributed by atoms with van der Waals surface area (Å²) in [7, 11) is 0. The van der Waals surface area contributed by atoms with Gasteiger partial charge >= 0.3 is 0 Å². The molecule has 0 aliphatic carbocycles. The lowest BCUT2D eigenvalue weighted by Gasteiger charge is -2.13. The molecule has 0 saturated carbocycles. The molecule has 2 aromatic carbocycles. The molecular formula is C20H24N2O. The van der Waals surface area contributed by atoms with E-state index in [0.29, 0.717) is 5.92 Å². The number of hydrogen-bond donors (Lipinski definition) is 1. The zero-order chi connectivity index (χ0) is 16.4. The second kappa shape index (κ2) is 6.55. The van der Waals surface area contributed by atoms with Crippen molar-refractivity contribution in [2.24, 2.45) is 0 Å². The summed E-state index contributed by atoms with van der Waals surface area (Å²) in [4.78, 5) is 4.58. The van der Waals surface area contributed by atoms with E-state index in [4.69, 9.17) is 0 Å². The summed E-state index contributed by atoms with van der Waals surface area (Å²) in [5, 5.41) is 10.0. The van der Waals surface area contributed by atoms with Crippen molar-refractivity contribution in [2.45, 2.75) is 45.8 Å². The minimum absolute atomic E-state index is 0.582. The second-order valence-corrected chi connectivity index (χ2v) is 6.27. The third-order valence-corrected chi connectivity index (χ3v) is 4.56. The number of aromatic nitrogens is 2. The summed E-state index contributed by atoms with van der Waals surface area (Å²) in [5.41, 5.74) is 4.60. The molecule has 1 N–H and O–H groups in total. The fourth-order valence-corrected chi connectivity index (χ4v) is 2.95. The first kappa shape index (κ1) is 15.8. The van der Waals surface area contributed by atoms with Crippen molar-refractivity contribution in [3.8, 4) is 0 Å². The Kier molecular flexibility index (Phi) is 4.49. The molecule has 0 radical (unpaired) electrons. The predicted octanol–water partition coefficient (Wildman–Crippen LogP) is 4.65. The molecule has 0 aliphatic heterocycles. The molecule has 0 unspecified atom stereocenters. The van der Waals surface area contributed by atoms with E-state index >= 15 is 0 Å². The highest BCUT2D eigenvalue weighted by Gasteiger charge is 2.14. The van der Waals surface area contributed by atoms with E-state index in [1.54, 1.807) is 6.92 Å². The standard InChI is InChI=1S/C20H24N2O/c1-4-14(2)17-11-9-16(10-12-17)13-22-19-8-6-5-7-18(19)21-20(22)15(3)23/h5-12,14-15,23H,4,13H2,1-3H3/t14-,15-/m1/s1. The van der Waals surface area contributed by atoms with Crippen LogP contribution in [0.25, 0.3) is 11.0 Å². The van der Waals surface area contributed by atoms with Crippen LogP contribution in [0.4, 0.5) is 0 Å². The van der Waals surface area contributed by atoms with Gasteiger partial charge in [0.25, 0.3) is 0 Å². The summed E-state index contributed by atoms with van der Waals surface area (Å²) >= 11 is 0. The normalized spacial score (nSPS) is 14.1. The van der Waals surface area contributed by atoms with Gasteiger partial charge in [0.05, 0.1) is 11.0 Å². The van der Waals surface area contributed by atoms with Gasteiger partial charge in [-0.2, -0.15) is 0 Å². The van der Waals surface area contributed by atoms with Crippen molar-refractivity contribution >= 4 is 11.0 Å². The fraction of sp³-hybridized carbons (Fsp3) is 0.350. The number of hydrogen-bond acceptors (Lipinski definition) is 2. The van der Waals surface area contributed by atoms with Gasteiger partial charge in [0.1, 0.15) is 11.9 Å². The number of imidazole rings is 1. The van der Waals surface area contributed by atoms with Gasteiger partial charge in [-0.25, -0.2) is 4.98 Å². The van der Waals surface area contributed by atoms with E-state index in [1.165, 1.54) is 11.1 Å². The quantitative estimate of drug-likeness (QED) is 0.745. The lowest BCUT2D eigenvalue weighted by Crippen LogP contribution is -2.08. The molecule has 0 bridgehead atoms. The first-order valence-electron chi connectivity index (χ1n) is 8.32. The van der Waals surface area contributed by atoms with Gasteiger partial charge in [0, 0.05) is 6.54 Å². The second-order valence-electron chi connectivity index (χ2n) is 6.27. The van der Waals surface area contributed by atoms with Crippen LogP contribution in [0.1, 0.15) is 56.2 Å². The number of fused-ring (bicyclic) bond motifs is 1. The van der Waals surface area contributed by atoms with Crippen molar-refractivity contribution in [2.75, 3.05) is 0 Å². The van der Waals surface area contributed by atoms with Gasteiger partial charge < -0.3 is 9.67 Å². The Labute approximate surface area is 137 Å². The molecule has 3 aromatic rings. The molecule has 3 heteroatoms. The van der Waals surface area contributed by atoms with Crippen molar-refractivity contribution < 1.29 is 5.11 Å². The molecule has 0 amide bonds. The zero-order valence-corrected chi connectivity index (χ0v) is 14.0. The Morgan fingerprint density at radius 2 is 1.74 bits per heavy atom. The molecule has 2 atom stereocenters. The Bertz CT molecular complexity index is 787. The molecule has 1 aromatic heterocycles. The number of para-hydroxylation sites is 2. The SMILES string of the molecule is CC[C@@H](C)c1ccc(Cn2c([C@@H](C)O)nc3ccccc32)cc1. The maximum absolute atomic E-state index is 10.0. The smallest absolute Gasteiger partial charge is 0.138 e. The lowest BCUT2D eigenvalue weighted by atomic mass is 9.97. The van der Waals surface area contributed by atoms with E-state index in [0.717, 1.165) is 29.8 Å². The first-order valence-corrected chi connectivity index (χ1v) is 8.32. The minimum atomic E-state index is -0.582. The minimum Gasteiger partial charge on any atom is -0.385 e. The van der Waals surface area contributed by atoms with Crippen LogP contribution in [0.5, 0.6) is 0 Å². The monoisotopic (exact) mass is 308 g/mol. The third-order valence-electron chi connectivity index (χ3n) is 4.56. The largest absolute Gasteiger partial charge is 0.385 e. The average Bonchev–Trinajstić information content (AvgIpc) is 2.94. The van der Waals surface area contributed by atoms with Gasteiger partial charge in [0.15, 0.2) is 0 Å². The summed E-state index contributed by atoms with van der Waals surface area (Å²) in [6.45, 7) is 6.96. The molecule has 23 heavy (non-hydrogen) atoms. The number of rotatable bonds is 5. The molecule has 0 saturated heterocycles. The van der Waals surface area contributed by atoms with Crippen LogP contribution < -0.4 is 0 Å². The Morgan fingerprint density at radius 1 is 1.04 bits per heavy atom. The van der Waals surface area contributed by atoms with Crippen molar-refractivity contribution in [3.05, 3.63) is 65.5 Å². The zero-order valence-electron chi connectivity index (χ0n) is 14.0. The fourth-order valence-electron chi connectivity index (χ4n) is 2.95. The Hall–Kier alpha value is -2.13. The third kappa shape index (κ3) is 3.15. The summed E-state index contributed by atoms with van der Waals surface area (Å²) in [6, 6.07) is 16.8. The number of aliphatic hydroxyl groups excluding tert-OH is 1. The Morgan fingerprint density at radius 3 is 2.39 bits per heavy atom. The molecule has 120 valence electrons. The number of nitrogens with zero attached hydrogens (tertiary/aromatic N) is 2. The van der Waals surface area contributed by atoms with Crippen molar-refractivity contribution in [1.82, 2.24) is 9.55 Å². The molecule has 0 fully saturated rings. The average molecular weight is 308 g/mol. The van der Waals surface area contributed by atoms with Gasteiger partial charge in [-0.05, 0) is 42.5 Å².